The van der Waals surface area contributed by atoms with Crippen molar-refractivity contribution in [3.05, 3.63) is 36.0 Å². The maximum Gasteiger partial charge on any atom is 0.0480 e. The summed E-state index contributed by atoms with van der Waals surface area (Å²) in [6.45, 7) is 8.51. The monoisotopic (exact) mass is 230 g/mol. The summed E-state index contributed by atoms with van der Waals surface area (Å²) in [5.74, 6) is 0. The lowest BCUT2D eigenvalue weighted by atomic mass is 9.86. The van der Waals surface area contributed by atoms with Crippen molar-refractivity contribution in [1.29, 1.82) is 0 Å². The van der Waals surface area contributed by atoms with Crippen molar-refractivity contribution in [3.63, 3.8) is 0 Å². The third kappa shape index (κ3) is 2.52. The van der Waals surface area contributed by atoms with Gasteiger partial charge in [0.25, 0.3) is 0 Å². The van der Waals surface area contributed by atoms with Gasteiger partial charge in [0.1, 0.15) is 0 Å². The standard InChI is InChI=1S/C15H22N2/c1-15(2,3)13-5-6-14-12(11-13)7-10-17(14)9-4-8-16/h5-7,10-11H,4,8-9,16H2,1-3H3. The first kappa shape index (κ1) is 12.2. The van der Waals surface area contributed by atoms with Crippen LogP contribution in [0.5, 0.6) is 0 Å². The van der Waals surface area contributed by atoms with Crippen LogP contribution < -0.4 is 5.73 Å². The Morgan fingerprint density at radius 2 is 1.94 bits per heavy atom. The Hall–Kier alpha value is -1.28. The van der Waals surface area contributed by atoms with Crippen molar-refractivity contribution in [2.45, 2.75) is 39.2 Å². The van der Waals surface area contributed by atoms with Gasteiger partial charge in [0.05, 0.1) is 0 Å². The van der Waals surface area contributed by atoms with Crippen molar-refractivity contribution >= 4 is 10.9 Å². The van der Waals surface area contributed by atoms with Gasteiger partial charge in [0.2, 0.25) is 0 Å². The molecule has 17 heavy (non-hydrogen) atoms. The highest BCUT2D eigenvalue weighted by atomic mass is 14.9. The SMILES string of the molecule is CC(C)(C)c1ccc2c(ccn2CCCN)c1. The lowest BCUT2D eigenvalue weighted by Crippen LogP contribution is -2.10. The number of aryl methyl sites for hydroxylation is 1. The van der Waals surface area contributed by atoms with E-state index in [0.717, 1.165) is 19.5 Å². The van der Waals surface area contributed by atoms with Crippen LogP contribution in [0, 0.1) is 0 Å². The van der Waals surface area contributed by atoms with Gasteiger partial charge in [-0.1, -0.05) is 26.8 Å². The molecule has 92 valence electrons. The Labute approximate surface area is 103 Å². The zero-order valence-electron chi connectivity index (χ0n) is 11.0. The number of aromatic nitrogens is 1. The second kappa shape index (κ2) is 4.53. The predicted octanol–water partition coefficient (Wildman–Crippen LogP) is 3.29. The fourth-order valence-electron chi connectivity index (χ4n) is 2.12. The molecule has 0 atom stereocenters. The lowest BCUT2D eigenvalue weighted by Gasteiger charge is -2.19. The molecule has 0 aliphatic rings. The second-order valence-corrected chi connectivity index (χ2v) is 5.67. The quantitative estimate of drug-likeness (QED) is 0.862. The highest BCUT2D eigenvalue weighted by Crippen LogP contribution is 2.26. The van der Waals surface area contributed by atoms with Crippen molar-refractivity contribution < 1.29 is 0 Å². The maximum atomic E-state index is 5.56. The van der Waals surface area contributed by atoms with Gasteiger partial charge in [-0.3, -0.25) is 0 Å². The average molecular weight is 230 g/mol. The van der Waals surface area contributed by atoms with Crippen LogP contribution in [0.15, 0.2) is 30.5 Å². The Morgan fingerprint density at radius 1 is 1.18 bits per heavy atom. The van der Waals surface area contributed by atoms with Gasteiger partial charge < -0.3 is 10.3 Å². The molecule has 0 saturated carbocycles. The van der Waals surface area contributed by atoms with Crippen LogP contribution in [-0.4, -0.2) is 11.1 Å². The van der Waals surface area contributed by atoms with E-state index < -0.39 is 0 Å². The topological polar surface area (TPSA) is 30.9 Å². The fraction of sp³-hybridized carbons (Fsp3) is 0.467. The van der Waals surface area contributed by atoms with Crippen LogP contribution in [0.2, 0.25) is 0 Å². The summed E-state index contributed by atoms with van der Waals surface area (Å²) in [6, 6.07) is 8.96. The fourth-order valence-corrected chi connectivity index (χ4v) is 2.12. The van der Waals surface area contributed by atoms with E-state index >= 15 is 0 Å². The van der Waals surface area contributed by atoms with Crippen LogP contribution in [0.1, 0.15) is 32.8 Å². The third-order valence-electron chi connectivity index (χ3n) is 3.24. The molecule has 0 spiro atoms. The van der Waals surface area contributed by atoms with Crippen molar-refractivity contribution in [3.8, 4) is 0 Å². The van der Waals surface area contributed by atoms with E-state index in [1.54, 1.807) is 0 Å². The summed E-state index contributed by atoms with van der Waals surface area (Å²) in [4.78, 5) is 0. The number of nitrogens with two attached hydrogens (primary N) is 1. The lowest BCUT2D eigenvalue weighted by molar-refractivity contribution is 0.591. The van der Waals surface area contributed by atoms with E-state index in [9.17, 15) is 0 Å². The van der Waals surface area contributed by atoms with Gasteiger partial charge in [0, 0.05) is 18.3 Å². The zero-order valence-corrected chi connectivity index (χ0v) is 11.0. The third-order valence-corrected chi connectivity index (χ3v) is 3.24. The summed E-state index contributed by atoms with van der Waals surface area (Å²) < 4.78 is 2.29. The van der Waals surface area contributed by atoms with Gasteiger partial charge in [-0.2, -0.15) is 0 Å². The number of rotatable bonds is 3. The molecule has 0 radical (unpaired) electrons. The summed E-state index contributed by atoms with van der Waals surface area (Å²) in [6.07, 6.45) is 3.19. The van der Waals surface area contributed by atoms with Gasteiger partial charge in [0.15, 0.2) is 0 Å². The van der Waals surface area contributed by atoms with Gasteiger partial charge in [-0.15, -0.1) is 0 Å². The van der Waals surface area contributed by atoms with Gasteiger partial charge in [-0.05, 0) is 47.5 Å². The Morgan fingerprint density at radius 3 is 2.59 bits per heavy atom. The maximum absolute atomic E-state index is 5.56. The van der Waals surface area contributed by atoms with E-state index in [4.69, 9.17) is 5.73 Å². The van der Waals surface area contributed by atoms with E-state index in [-0.39, 0.29) is 5.41 Å². The number of fused-ring (bicyclic) bond motifs is 1. The second-order valence-electron chi connectivity index (χ2n) is 5.67. The van der Waals surface area contributed by atoms with Crippen LogP contribution in [0.3, 0.4) is 0 Å². The summed E-state index contributed by atoms with van der Waals surface area (Å²) in [5.41, 5.74) is 8.47. The largest absolute Gasteiger partial charge is 0.347 e. The summed E-state index contributed by atoms with van der Waals surface area (Å²) in [7, 11) is 0. The highest BCUT2D eigenvalue weighted by Gasteiger charge is 2.14. The van der Waals surface area contributed by atoms with Crippen LogP contribution >= 0.6 is 0 Å². The average Bonchev–Trinajstić information content (AvgIpc) is 2.67. The minimum atomic E-state index is 0.216. The first-order valence-corrected chi connectivity index (χ1v) is 6.32. The number of benzene rings is 1. The van der Waals surface area contributed by atoms with Crippen LogP contribution in [-0.2, 0) is 12.0 Å². The summed E-state index contributed by atoms with van der Waals surface area (Å²) in [5, 5.41) is 1.33. The normalized spacial score (nSPS) is 12.2. The van der Waals surface area contributed by atoms with Crippen LogP contribution in [0.25, 0.3) is 10.9 Å². The molecule has 2 aromatic rings. The smallest absolute Gasteiger partial charge is 0.0480 e. The molecule has 1 aromatic heterocycles. The molecule has 2 N–H and O–H groups in total. The molecule has 0 fully saturated rings. The summed E-state index contributed by atoms with van der Waals surface area (Å²) >= 11 is 0. The first-order valence-electron chi connectivity index (χ1n) is 6.32. The molecular weight excluding hydrogens is 208 g/mol. The molecule has 2 rings (SSSR count). The molecule has 1 aromatic carbocycles. The molecule has 0 aliphatic carbocycles. The molecule has 0 unspecified atom stereocenters. The van der Waals surface area contributed by atoms with E-state index in [2.05, 4.69) is 55.8 Å². The Bertz CT molecular complexity index is 503. The van der Waals surface area contributed by atoms with E-state index in [0.29, 0.717) is 0 Å². The molecule has 0 aliphatic heterocycles. The Balaban J connectivity index is 2.38. The molecule has 2 nitrogen and oxygen atoms in total. The number of hydrogen-bond acceptors (Lipinski definition) is 1. The van der Waals surface area contributed by atoms with Gasteiger partial charge >= 0.3 is 0 Å². The van der Waals surface area contributed by atoms with Crippen molar-refractivity contribution in [1.82, 2.24) is 4.57 Å². The minimum Gasteiger partial charge on any atom is -0.347 e. The number of nitrogens with zero attached hydrogens (tertiary/aromatic N) is 1. The van der Waals surface area contributed by atoms with Crippen LogP contribution in [0.4, 0.5) is 0 Å². The first-order chi connectivity index (χ1) is 8.02. The highest BCUT2D eigenvalue weighted by molar-refractivity contribution is 5.81. The van der Waals surface area contributed by atoms with Crippen molar-refractivity contribution in [2.75, 3.05) is 6.54 Å². The molecule has 1 heterocycles. The molecule has 0 bridgehead atoms. The van der Waals surface area contributed by atoms with Crippen molar-refractivity contribution in [2.24, 2.45) is 5.73 Å². The molecule has 0 saturated heterocycles. The molecule has 0 amide bonds. The van der Waals surface area contributed by atoms with E-state index in [1.807, 2.05) is 0 Å². The Kier molecular flexibility index (Phi) is 3.25. The zero-order chi connectivity index (χ0) is 12.5. The number of hydrogen-bond donors (Lipinski definition) is 1. The predicted molar refractivity (Wildman–Crippen MR) is 74.3 cm³/mol. The van der Waals surface area contributed by atoms with E-state index in [1.165, 1.54) is 16.5 Å². The molecule has 2 heteroatoms. The minimum absolute atomic E-state index is 0.216. The van der Waals surface area contributed by atoms with Gasteiger partial charge in [-0.25, -0.2) is 0 Å². The molecular formula is C15H22N2.